The van der Waals surface area contributed by atoms with Gasteiger partial charge in [-0.3, -0.25) is 0 Å². The number of H-pyrrole nitrogens is 1. The van der Waals surface area contributed by atoms with Crippen LogP contribution in [0, 0.1) is 0 Å². The molecule has 0 bridgehead atoms. The van der Waals surface area contributed by atoms with Gasteiger partial charge in [-0.1, -0.05) is 0 Å². The van der Waals surface area contributed by atoms with Crippen LogP contribution in [0.5, 0.6) is 0 Å². The van der Waals surface area contributed by atoms with Crippen LogP contribution in [0.2, 0.25) is 0 Å². The largest absolute Gasteiger partial charge is 0.501 e. The Morgan fingerprint density at radius 1 is 1.55 bits per heavy atom. The van der Waals surface area contributed by atoms with Crippen molar-refractivity contribution < 1.29 is 4.74 Å². The summed E-state index contributed by atoms with van der Waals surface area (Å²) >= 11 is 0. The summed E-state index contributed by atoms with van der Waals surface area (Å²) < 4.78 is 5.16. The van der Waals surface area contributed by atoms with E-state index in [1.54, 1.807) is 7.11 Å². The molecule has 0 aromatic carbocycles. The first kappa shape index (κ1) is 6.53. The molecule has 0 saturated carbocycles. The zero-order valence-electron chi connectivity index (χ0n) is 6.55. The Morgan fingerprint density at radius 3 is 3.27 bits per heavy atom. The monoisotopic (exact) mass is 149 g/mol. The maximum Gasteiger partial charge on any atom is 0.0964 e. The van der Waals surface area contributed by atoms with E-state index in [1.165, 1.54) is 11.3 Å². The number of methoxy groups -OCH3 is 1. The summed E-state index contributed by atoms with van der Waals surface area (Å²) in [6.07, 6.45) is 6.02. The number of hydrogen-bond acceptors (Lipinski definition) is 1. The lowest BCUT2D eigenvalue weighted by Gasteiger charge is -2.11. The summed E-state index contributed by atoms with van der Waals surface area (Å²) in [4.78, 5) is 3.20. The zero-order chi connectivity index (χ0) is 7.68. The number of ether oxygens (including phenoxy) is 1. The Balaban J connectivity index is 2.27. The number of rotatable bonds is 1. The van der Waals surface area contributed by atoms with Gasteiger partial charge in [0.15, 0.2) is 0 Å². The maximum absolute atomic E-state index is 5.16. The highest BCUT2D eigenvalue weighted by Gasteiger charge is 2.10. The van der Waals surface area contributed by atoms with Crippen molar-refractivity contribution in [2.45, 2.75) is 12.8 Å². The lowest BCUT2D eigenvalue weighted by Crippen LogP contribution is -2.02. The van der Waals surface area contributed by atoms with Crippen LogP contribution >= 0.6 is 0 Å². The van der Waals surface area contributed by atoms with E-state index in [4.69, 9.17) is 4.74 Å². The molecule has 11 heavy (non-hydrogen) atoms. The van der Waals surface area contributed by atoms with Gasteiger partial charge in [-0.2, -0.15) is 0 Å². The van der Waals surface area contributed by atoms with E-state index < -0.39 is 0 Å². The van der Waals surface area contributed by atoms with Gasteiger partial charge in [-0.15, -0.1) is 0 Å². The Bertz CT molecular complexity index is 286. The average Bonchev–Trinajstić information content (AvgIpc) is 2.50. The van der Waals surface area contributed by atoms with Crippen molar-refractivity contribution in [1.29, 1.82) is 0 Å². The third-order valence-electron chi connectivity index (χ3n) is 2.09. The molecule has 0 spiro atoms. The molecule has 2 nitrogen and oxygen atoms in total. The van der Waals surface area contributed by atoms with Crippen LogP contribution in [0.1, 0.15) is 11.3 Å². The predicted octanol–water partition coefficient (Wildman–Crippen LogP) is 1.64. The van der Waals surface area contributed by atoms with Crippen LogP contribution in [0.3, 0.4) is 0 Å². The maximum atomic E-state index is 5.16. The van der Waals surface area contributed by atoms with Gasteiger partial charge in [0.05, 0.1) is 12.9 Å². The van der Waals surface area contributed by atoms with Gasteiger partial charge >= 0.3 is 0 Å². The van der Waals surface area contributed by atoms with Gasteiger partial charge in [-0.05, 0) is 17.7 Å². The normalized spacial score (nSPS) is 15.5. The summed E-state index contributed by atoms with van der Waals surface area (Å²) in [5, 5.41) is 0. The quantitative estimate of drug-likeness (QED) is 0.645. The molecule has 58 valence electrons. The van der Waals surface area contributed by atoms with Crippen molar-refractivity contribution in [2.75, 3.05) is 7.11 Å². The molecule has 0 radical (unpaired) electrons. The van der Waals surface area contributed by atoms with Gasteiger partial charge in [0.25, 0.3) is 0 Å². The molecular formula is C9H11NO. The molecule has 1 aromatic heterocycles. The van der Waals surface area contributed by atoms with E-state index in [2.05, 4.69) is 17.1 Å². The Morgan fingerprint density at radius 2 is 2.45 bits per heavy atom. The molecular weight excluding hydrogens is 138 g/mol. The number of allylic oxidation sites excluding steroid dienone is 2. The number of aromatic amines is 1. The van der Waals surface area contributed by atoms with Gasteiger partial charge in [0.2, 0.25) is 0 Å². The average molecular weight is 149 g/mol. The molecule has 1 aromatic rings. The second-order valence-corrected chi connectivity index (χ2v) is 2.74. The highest BCUT2D eigenvalue weighted by molar-refractivity contribution is 5.30. The molecule has 1 heterocycles. The third kappa shape index (κ3) is 1.04. The summed E-state index contributed by atoms with van der Waals surface area (Å²) in [6.45, 7) is 0. The molecule has 0 amide bonds. The lowest BCUT2D eigenvalue weighted by molar-refractivity contribution is 0.280. The molecule has 0 atom stereocenters. The summed E-state index contributed by atoms with van der Waals surface area (Å²) in [5.74, 6) is 1.08. The Labute approximate surface area is 65.9 Å². The van der Waals surface area contributed by atoms with E-state index >= 15 is 0 Å². The first-order valence-corrected chi connectivity index (χ1v) is 3.78. The van der Waals surface area contributed by atoms with Gasteiger partial charge < -0.3 is 9.72 Å². The molecule has 2 heteroatoms. The second kappa shape index (κ2) is 2.46. The standard InChI is InChI=1S/C9H11NO/c1-11-8-2-3-9-7(6-8)4-5-10-9/h2,4-5,10H,3,6H2,1H3. The van der Waals surface area contributed by atoms with Crippen molar-refractivity contribution in [2.24, 2.45) is 0 Å². The number of hydrogen-bond donors (Lipinski definition) is 1. The van der Waals surface area contributed by atoms with Gasteiger partial charge in [-0.25, -0.2) is 0 Å². The van der Waals surface area contributed by atoms with Crippen LogP contribution in [0.25, 0.3) is 0 Å². The van der Waals surface area contributed by atoms with Crippen molar-refractivity contribution in [1.82, 2.24) is 4.98 Å². The Hall–Kier alpha value is -1.18. The fourth-order valence-electron chi connectivity index (χ4n) is 1.42. The predicted molar refractivity (Wildman–Crippen MR) is 43.3 cm³/mol. The molecule has 2 rings (SSSR count). The minimum Gasteiger partial charge on any atom is -0.501 e. The molecule has 0 aliphatic heterocycles. The van der Waals surface area contributed by atoms with Crippen LogP contribution < -0.4 is 0 Å². The van der Waals surface area contributed by atoms with Crippen molar-refractivity contribution in [3.05, 3.63) is 35.4 Å². The number of nitrogens with one attached hydrogen (secondary N) is 1. The highest BCUT2D eigenvalue weighted by Crippen LogP contribution is 2.19. The first-order chi connectivity index (χ1) is 5.40. The summed E-state index contributed by atoms with van der Waals surface area (Å²) in [5.41, 5.74) is 2.69. The van der Waals surface area contributed by atoms with Crippen LogP contribution in [0.15, 0.2) is 24.1 Å². The van der Waals surface area contributed by atoms with E-state index in [9.17, 15) is 0 Å². The summed E-state index contributed by atoms with van der Waals surface area (Å²) in [6, 6.07) is 2.11. The number of fused-ring (bicyclic) bond motifs is 1. The van der Waals surface area contributed by atoms with Crippen molar-refractivity contribution in [3.63, 3.8) is 0 Å². The van der Waals surface area contributed by atoms with E-state index in [-0.39, 0.29) is 0 Å². The fraction of sp³-hybridized carbons (Fsp3) is 0.333. The smallest absolute Gasteiger partial charge is 0.0964 e. The Kier molecular flexibility index (Phi) is 1.46. The number of aromatic nitrogens is 1. The third-order valence-corrected chi connectivity index (χ3v) is 2.09. The van der Waals surface area contributed by atoms with Crippen molar-refractivity contribution >= 4 is 0 Å². The lowest BCUT2D eigenvalue weighted by atomic mass is 10.0. The van der Waals surface area contributed by atoms with Crippen LogP contribution in [-0.4, -0.2) is 12.1 Å². The topological polar surface area (TPSA) is 25.0 Å². The van der Waals surface area contributed by atoms with Gasteiger partial charge in [0.1, 0.15) is 0 Å². The van der Waals surface area contributed by atoms with Crippen molar-refractivity contribution in [3.8, 4) is 0 Å². The molecule has 0 fully saturated rings. The second-order valence-electron chi connectivity index (χ2n) is 2.74. The highest BCUT2D eigenvalue weighted by atomic mass is 16.5. The van der Waals surface area contributed by atoms with Crippen LogP contribution in [-0.2, 0) is 17.6 Å². The van der Waals surface area contributed by atoms with E-state index in [0.29, 0.717) is 0 Å². The minimum atomic E-state index is 0.940. The van der Waals surface area contributed by atoms with Crippen LogP contribution in [0.4, 0.5) is 0 Å². The summed E-state index contributed by atoms with van der Waals surface area (Å²) in [7, 11) is 1.73. The molecule has 1 aliphatic rings. The van der Waals surface area contributed by atoms with E-state index in [0.717, 1.165) is 18.6 Å². The first-order valence-electron chi connectivity index (χ1n) is 3.78. The van der Waals surface area contributed by atoms with E-state index in [1.807, 2.05) is 6.20 Å². The van der Waals surface area contributed by atoms with Gasteiger partial charge in [0, 0.05) is 24.7 Å². The molecule has 1 aliphatic carbocycles. The minimum absolute atomic E-state index is 0.940. The molecule has 0 saturated heterocycles. The SMILES string of the molecule is COC1=CCc2[nH]ccc2C1. The molecule has 1 N–H and O–H groups in total. The molecule has 0 unspecified atom stereocenters. The fourth-order valence-corrected chi connectivity index (χ4v) is 1.42. The zero-order valence-corrected chi connectivity index (χ0v) is 6.55.